The van der Waals surface area contributed by atoms with Crippen molar-refractivity contribution in [3.63, 3.8) is 0 Å². The van der Waals surface area contributed by atoms with Gasteiger partial charge in [-0.15, -0.1) is 0 Å². The lowest BCUT2D eigenvalue weighted by Crippen LogP contribution is -2.22. The number of hydrazone groups is 1. The number of benzene rings is 2. The normalized spacial score (nSPS) is 11.4. The van der Waals surface area contributed by atoms with Gasteiger partial charge in [0.1, 0.15) is 11.4 Å². The lowest BCUT2D eigenvalue weighted by Gasteiger charge is -2.21. The molecule has 0 fully saturated rings. The molecule has 0 saturated carbocycles. The number of hydrogen-bond donors (Lipinski definition) is 2. The van der Waals surface area contributed by atoms with Gasteiger partial charge >= 0.3 is 0 Å². The fourth-order valence-electron chi connectivity index (χ4n) is 1.90. The van der Waals surface area contributed by atoms with E-state index >= 15 is 0 Å². The van der Waals surface area contributed by atoms with Crippen molar-refractivity contribution in [3.05, 3.63) is 59.7 Å². The van der Waals surface area contributed by atoms with Gasteiger partial charge in [0, 0.05) is 5.69 Å². The Bertz CT molecular complexity index is 701. The van der Waals surface area contributed by atoms with Crippen molar-refractivity contribution in [2.75, 3.05) is 5.73 Å². The van der Waals surface area contributed by atoms with Gasteiger partial charge in [-0.1, -0.05) is 12.1 Å². The first-order valence-electron chi connectivity index (χ1n) is 7.32. The molecule has 1 amide bonds. The second-order valence-electron chi connectivity index (χ2n) is 6.07. The molecule has 0 bridgehead atoms. The van der Waals surface area contributed by atoms with Crippen molar-refractivity contribution in [2.45, 2.75) is 26.4 Å². The summed E-state index contributed by atoms with van der Waals surface area (Å²) < 4.78 is 5.74. The van der Waals surface area contributed by atoms with E-state index in [1.54, 1.807) is 30.5 Å². The average molecular weight is 311 g/mol. The minimum absolute atomic E-state index is 0.237. The molecule has 2 aromatic carbocycles. The summed E-state index contributed by atoms with van der Waals surface area (Å²) in [6.45, 7) is 5.98. The number of hydrogen-bond acceptors (Lipinski definition) is 4. The molecule has 0 heterocycles. The smallest absolute Gasteiger partial charge is 0.273 e. The lowest BCUT2D eigenvalue weighted by atomic mass is 10.2. The minimum Gasteiger partial charge on any atom is -0.488 e. The summed E-state index contributed by atoms with van der Waals surface area (Å²) >= 11 is 0. The lowest BCUT2D eigenvalue weighted by molar-refractivity contribution is 0.0956. The minimum atomic E-state index is -0.341. The van der Waals surface area contributed by atoms with Crippen molar-refractivity contribution in [3.8, 4) is 5.75 Å². The van der Waals surface area contributed by atoms with Gasteiger partial charge < -0.3 is 10.5 Å². The van der Waals surface area contributed by atoms with E-state index in [0.717, 1.165) is 11.3 Å². The number of nitrogens with zero attached hydrogens (tertiary/aromatic N) is 1. The number of nitrogen functional groups attached to an aromatic ring is 1. The molecular weight excluding hydrogens is 290 g/mol. The molecule has 0 aromatic heterocycles. The number of ether oxygens (including phenoxy) is 1. The molecule has 5 nitrogen and oxygen atoms in total. The molecule has 0 atom stereocenters. The molecule has 0 saturated heterocycles. The first-order chi connectivity index (χ1) is 10.8. The summed E-state index contributed by atoms with van der Waals surface area (Å²) in [5.41, 5.74) is 9.64. The molecule has 0 radical (unpaired) electrons. The van der Waals surface area contributed by atoms with Gasteiger partial charge in [0.2, 0.25) is 0 Å². The second-order valence-corrected chi connectivity index (χ2v) is 6.07. The average Bonchev–Trinajstić information content (AvgIpc) is 2.48. The zero-order valence-electron chi connectivity index (χ0n) is 13.5. The molecule has 0 spiro atoms. The van der Waals surface area contributed by atoms with Crippen LogP contribution in [0.3, 0.4) is 0 Å². The Balaban J connectivity index is 1.96. The fourth-order valence-corrected chi connectivity index (χ4v) is 1.90. The Hall–Kier alpha value is -2.82. The number of carbonyl (C=O) groups is 1. The Kier molecular flexibility index (Phi) is 5.01. The maximum Gasteiger partial charge on any atom is 0.273 e. The quantitative estimate of drug-likeness (QED) is 0.517. The van der Waals surface area contributed by atoms with Crippen LogP contribution in [0.2, 0.25) is 0 Å². The van der Waals surface area contributed by atoms with Crippen LogP contribution < -0.4 is 15.9 Å². The van der Waals surface area contributed by atoms with E-state index in [1.165, 1.54) is 0 Å². The Morgan fingerprint density at radius 2 is 1.78 bits per heavy atom. The highest BCUT2D eigenvalue weighted by atomic mass is 16.5. The molecule has 0 aliphatic carbocycles. The molecular formula is C18H21N3O2. The first kappa shape index (κ1) is 16.5. The molecule has 2 rings (SSSR count). The standard InChI is InChI=1S/C18H21N3O2/c1-18(2,3)23-14-10-8-13(9-11-14)12-20-21-17(22)15-6-4-5-7-16(15)19/h4-12H,19H2,1-3H3,(H,21,22)/b20-12-. The number of amides is 1. The monoisotopic (exact) mass is 311 g/mol. The topological polar surface area (TPSA) is 76.7 Å². The summed E-state index contributed by atoms with van der Waals surface area (Å²) in [5, 5.41) is 3.94. The summed E-state index contributed by atoms with van der Waals surface area (Å²) in [6, 6.07) is 14.3. The third-order valence-electron chi connectivity index (χ3n) is 2.89. The zero-order valence-corrected chi connectivity index (χ0v) is 13.5. The van der Waals surface area contributed by atoms with Crippen LogP contribution in [-0.2, 0) is 0 Å². The molecule has 120 valence electrons. The van der Waals surface area contributed by atoms with Crippen LogP contribution in [0.5, 0.6) is 5.75 Å². The van der Waals surface area contributed by atoms with Gasteiger partial charge in [-0.2, -0.15) is 5.10 Å². The van der Waals surface area contributed by atoms with Gasteiger partial charge in [-0.05, 0) is 62.7 Å². The van der Waals surface area contributed by atoms with Crippen LogP contribution in [0.25, 0.3) is 0 Å². The molecule has 0 unspecified atom stereocenters. The fraction of sp³-hybridized carbons (Fsp3) is 0.222. The van der Waals surface area contributed by atoms with Crippen LogP contribution in [-0.4, -0.2) is 17.7 Å². The van der Waals surface area contributed by atoms with E-state index in [4.69, 9.17) is 10.5 Å². The Morgan fingerprint density at radius 3 is 2.39 bits per heavy atom. The van der Waals surface area contributed by atoms with E-state index in [1.807, 2.05) is 45.0 Å². The Labute approximate surface area is 136 Å². The molecule has 23 heavy (non-hydrogen) atoms. The first-order valence-corrected chi connectivity index (χ1v) is 7.32. The van der Waals surface area contributed by atoms with Gasteiger partial charge in [-0.3, -0.25) is 4.79 Å². The van der Waals surface area contributed by atoms with E-state index in [-0.39, 0.29) is 11.5 Å². The van der Waals surface area contributed by atoms with Crippen molar-refractivity contribution < 1.29 is 9.53 Å². The molecule has 0 aliphatic rings. The molecule has 2 aromatic rings. The van der Waals surface area contributed by atoms with Crippen LogP contribution in [0.15, 0.2) is 53.6 Å². The van der Waals surface area contributed by atoms with Gasteiger partial charge in [0.05, 0.1) is 11.8 Å². The van der Waals surface area contributed by atoms with Gasteiger partial charge in [0.25, 0.3) is 5.91 Å². The number of nitrogens with two attached hydrogens (primary N) is 1. The highest BCUT2D eigenvalue weighted by molar-refractivity contribution is 5.99. The maximum atomic E-state index is 11.9. The van der Waals surface area contributed by atoms with E-state index < -0.39 is 0 Å². The van der Waals surface area contributed by atoms with Crippen molar-refractivity contribution in [1.29, 1.82) is 0 Å². The largest absolute Gasteiger partial charge is 0.488 e. The zero-order chi connectivity index (χ0) is 16.9. The summed E-state index contributed by atoms with van der Waals surface area (Å²) in [7, 11) is 0. The van der Waals surface area contributed by atoms with Gasteiger partial charge in [-0.25, -0.2) is 5.43 Å². The predicted octanol–water partition coefficient (Wildman–Crippen LogP) is 3.21. The van der Waals surface area contributed by atoms with Crippen molar-refractivity contribution in [1.82, 2.24) is 5.43 Å². The van der Waals surface area contributed by atoms with Crippen LogP contribution in [0, 0.1) is 0 Å². The SMILES string of the molecule is CC(C)(C)Oc1ccc(/C=N\NC(=O)c2ccccc2N)cc1. The summed E-state index contributed by atoms with van der Waals surface area (Å²) in [5.74, 6) is 0.447. The molecule has 3 N–H and O–H groups in total. The number of para-hydroxylation sites is 1. The third-order valence-corrected chi connectivity index (χ3v) is 2.89. The Morgan fingerprint density at radius 1 is 1.13 bits per heavy atom. The van der Waals surface area contributed by atoms with E-state index in [0.29, 0.717) is 11.3 Å². The van der Waals surface area contributed by atoms with E-state index in [2.05, 4.69) is 10.5 Å². The van der Waals surface area contributed by atoms with E-state index in [9.17, 15) is 4.79 Å². The van der Waals surface area contributed by atoms with Crippen LogP contribution in [0.1, 0.15) is 36.7 Å². The van der Waals surface area contributed by atoms with Crippen LogP contribution >= 0.6 is 0 Å². The van der Waals surface area contributed by atoms with Crippen LogP contribution in [0.4, 0.5) is 5.69 Å². The number of rotatable bonds is 4. The molecule has 0 aliphatic heterocycles. The summed E-state index contributed by atoms with van der Waals surface area (Å²) in [4.78, 5) is 11.9. The maximum absolute atomic E-state index is 11.9. The predicted molar refractivity (Wildman–Crippen MR) is 92.7 cm³/mol. The van der Waals surface area contributed by atoms with Gasteiger partial charge in [0.15, 0.2) is 0 Å². The second kappa shape index (κ2) is 6.96. The summed E-state index contributed by atoms with van der Waals surface area (Å²) in [6.07, 6.45) is 1.57. The highest BCUT2D eigenvalue weighted by Gasteiger charge is 2.11. The van der Waals surface area contributed by atoms with Crippen molar-refractivity contribution >= 4 is 17.8 Å². The number of anilines is 1. The van der Waals surface area contributed by atoms with Crippen molar-refractivity contribution in [2.24, 2.45) is 5.10 Å². The molecule has 5 heteroatoms. The highest BCUT2D eigenvalue weighted by Crippen LogP contribution is 2.17. The number of carbonyl (C=O) groups excluding carboxylic acids is 1. The third kappa shape index (κ3) is 5.14. The number of nitrogens with one attached hydrogen (secondary N) is 1.